The summed E-state index contributed by atoms with van der Waals surface area (Å²) in [5, 5.41) is 3.06. The molecule has 20 heavy (non-hydrogen) atoms. The number of amides is 1. The molecule has 0 aromatic carbocycles. The molecule has 1 saturated heterocycles. The molecule has 0 aliphatic carbocycles. The van der Waals surface area contributed by atoms with Crippen LogP contribution < -0.4 is 10.2 Å². The van der Waals surface area contributed by atoms with Crippen molar-refractivity contribution in [1.82, 2.24) is 14.9 Å². The topological polar surface area (TPSA) is 70.6 Å². The van der Waals surface area contributed by atoms with Gasteiger partial charge in [-0.25, -0.2) is 14.8 Å². The lowest BCUT2D eigenvalue weighted by molar-refractivity contribution is 0.105. The number of carbonyl (C=O) groups is 1. The first-order chi connectivity index (χ1) is 9.67. The second-order valence-electron chi connectivity index (χ2n) is 4.59. The Morgan fingerprint density at radius 1 is 1.35 bits per heavy atom. The number of hydrogen-bond acceptors (Lipinski definition) is 6. The lowest BCUT2D eigenvalue weighted by Crippen LogP contribution is -2.49. The summed E-state index contributed by atoms with van der Waals surface area (Å²) >= 11 is 0. The SMILES string of the molecule is CCOC(=O)N1CCN(c2ncnc(NC)c2C)CC1. The van der Waals surface area contributed by atoms with Crippen LogP contribution in [0.25, 0.3) is 0 Å². The summed E-state index contributed by atoms with van der Waals surface area (Å²) in [5.74, 6) is 1.76. The third-order valence-corrected chi connectivity index (χ3v) is 3.40. The smallest absolute Gasteiger partial charge is 0.409 e. The Morgan fingerprint density at radius 2 is 2.05 bits per heavy atom. The molecule has 0 atom stereocenters. The molecule has 1 aromatic heterocycles. The molecule has 7 nitrogen and oxygen atoms in total. The van der Waals surface area contributed by atoms with Crippen molar-refractivity contribution in [3.63, 3.8) is 0 Å². The Morgan fingerprint density at radius 3 is 2.65 bits per heavy atom. The summed E-state index contributed by atoms with van der Waals surface area (Å²) in [7, 11) is 1.85. The van der Waals surface area contributed by atoms with Gasteiger partial charge in [0.05, 0.1) is 6.61 Å². The summed E-state index contributed by atoms with van der Waals surface area (Å²) in [6, 6.07) is 0. The Hall–Kier alpha value is -2.05. The summed E-state index contributed by atoms with van der Waals surface area (Å²) < 4.78 is 5.02. The zero-order valence-corrected chi connectivity index (χ0v) is 12.2. The molecule has 1 aliphatic rings. The Bertz CT molecular complexity index is 472. The molecule has 1 aliphatic heterocycles. The van der Waals surface area contributed by atoms with Gasteiger partial charge in [-0.1, -0.05) is 0 Å². The first-order valence-electron chi connectivity index (χ1n) is 6.83. The molecule has 0 spiro atoms. The highest BCUT2D eigenvalue weighted by Crippen LogP contribution is 2.22. The number of nitrogens with zero attached hydrogens (tertiary/aromatic N) is 4. The third-order valence-electron chi connectivity index (χ3n) is 3.40. The molecule has 1 aromatic rings. The van der Waals surface area contributed by atoms with E-state index in [1.165, 1.54) is 0 Å². The number of ether oxygens (including phenoxy) is 1. The molecule has 0 radical (unpaired) electrons. The maximum Gasteiger partial charge on any atom is 0.409 e. The molecule has 1 amide bonds. The van der Waals surface area contributed by atoms with E-state index in [-0.39, 0.29) is 6.09 Å². The van der Waals surface area contributed by atoms with Crippen LogP contribution in [0.5, 0.6) is 0 Å². The van der Waals surface area contributed by atoms with Crippen LogP contribution in [-0.4, -0.2) is 60.8 Å². The van der Waals surface area contributed by atoms with E-state index in [0.717, 1.165) is 30.3 Å². The van der Waals surface area contributed by atoms with Crippen LogP contribution in [0, 0.1) is 6.92 Å². The molecule has 2 heterocycles. The standard InChI is InChI=1S/C13H21N5O2/c1-4-20-13(19)18-7-5-17(6-8-18)12-10(2)11(14-3)15-9-16-12/h9H,4-8H2,1-3H3,(H,14,15,16). The van der Waals surface area contributed by atoms with Gasteiger partial charge in [0.15, 0.2) is 0 Å². The molecule has 1 fully saturated rings. The summed E-state index contributed by atoms with van der Waals surface area (Å²) in [5.41, 5.74) is 1.03. The first kappa shape index (κ1) is 14.4. The zero-order chi connectivity index (χ0) is 14.5. The van der Waals surface area contributed by atoms with Gasteiger partial charge in [0.2, 0.25) is 0 Å². The van der Waals surface area contributed by atoms with Crippen molar-refractivity contribution in [3.05, 3.63) is 11.9 Å². The number of carbonyl (C=O) groups excluding carboxylic acids is 1. The minimum absolute atomic E-state index is 0.234. The van der Waals surface area contributed by atoms with E-state index in [1.54, 1.807) is 11.2 Å². The van der Waals surface area contributed by atoms with Crippen LogP contribution in [0.3, 0.4) is 0 Å². The van der Waals surface area contributed by atoms with Crippen LogP contribution in [0.1, 0.15) is 12.5 Å². The second kappa shape index (κ2) is 6.40. The fraction of sp³-hybridized carbons (Fsp3) is 0.615. The van der Waals surface area contributed by atoms with E-state index < -0.39 is 0 Å². The summed E-state index contributed by atoms with van der Waals surface area (Å²) in [4.78, 5) is 24.1. The largest absolute Gasteiger partial charge is 0.450 e. The van der Waals surface area contributed by atoms with Crippen LogP contribution >= 0.6 is 0 Å². The molecule has 2 rings (SSSR count). The van der Waals surface area contributed by atoms with Crippen molar-refractivity contribution in [2.24, 2.45) is 0 Å². The van der Waals surface area contributed by atoms with Crippen molar-refractivity contribution < 1.29 is 9.53 Å². The van der Waals surface area contributed by atoms with E-state index >= 15 is 0 Å². The quantitative estimate of drug-likeness (QED) is 0.893. The van der Waals surface area contributed by atoms with Gasteiger partial charge in [0.25, 0.3) is 0 Å². The highest BCUT2D eigenvalue weighted by atomic mass is 16.6. The molecule has 110 valence electrons. The van der Waals surface area contributed by atoms with Crippen molar-refractivity contribution in [1.29, 1.82) is 0 Å². The lowest BCUT2D eigenvalue weighted by atomic mass is 10.2. The predicted octanol–water partition coefficient (Wildman–Crippen LogP) is 1.11. The molecule has 0 bridgehead atoms. The Balaban J connectivity index is 2.02. The Kier molecular flexibility index (Phi) is 4.60. The van der Waals surface area contributed by atoms with E-state index in [9.17, 15) is 4.79 Å². The molecule has 7 heteroatoms. The molecular weight excluding hydrogens is 258 g/mol. The third kappa shape index (κ3) is 2.92. The fourth-order valence-electron chi connectivity index (χ4n) is 2.33. The van der Waals surface area contributed by atoms with Gasteiger partial charge in [-0.15, -0.1) is 0 Å². The number of hydrogen-bond donors (Lipinski definition) is 1. The number of aromatic nitrogens is 2. The van der Waals surface area contributed by atoms with Crippen molar-refractivity contribution in [3.8, 4) is 0 Å². The predicted molar refractivity (Wildman–Crippen MR) is 77.1 cm³/mol. The van der Waals surface area contributed by atoms with Crippen LogP contribution in [0.15, 0.2) is 6.33 Å². The zero-order valence-electron chi connectivity index (χ0n) is 12.2. The fourth-order valence-corrected chi connectivity index (χ4v) is 2.33. The van der Waals surface area contributed by atoms with Gasteiger partial charge < -0.3 is 19.9 Å². The van der Waals surface area contributed by atoms with E-state index in [4.69, 9.17) is 4.74 Å². The van der Waals surface area contributed by atoms with Crippen LogP contribution in [0.4, 0.5) is 16.4 Å². The average molecular weight is 279 g/mol. The van der Waals surface area contributed by atoms with E-state index in [1.807, 2.05) is 20.9 Å². The van der Waals surface area contributed by atoms with Crippen molar-refractivity contribution in [2.45, 2.75) is 13.8 Å². The van der Waals surface area contributed by atoms with E-state index in [0.29, 0.717) is 19.7 Å². The lowest BCUT2D eigenvalue weighted by Gasteiger charge is -2.35. The van der Waals surface area contributed by atoms with Gasteiger partial charge in [0, 0.05) is 38.8 Å². The molecular formula is C13H21N5O2. The van der Waals surface area contributed by atoms with Crippen molar-refractivity contribution >= 4 is 17.7 Å². The molecule has 1 N–H and O–H groups in total. The van der Waals surface area contributed by atoms with Gasteiger partial charge in [-0.3, -0.25) is 0 Å². The number of nitrogens with one attached hydrogen (secondary N) is 1. The number of anilines is 2. The normalized spacial score (nSPS) is 15.2. The minimum atomic E-state index is -0.234. The van der Waals surface area contributed by atoms with Gasteiger partial charge in [-0.2, -0.15) is 0 Å². The number of piperazine rings is 1. The first-order valence-corrected chi connectivity index (χ1v) is 6.83. The highest BCUT2D eigenvalue weighted by molar-refractivity contribution is 5.68. The number of rotatable bonds is 3. The summed E-state index contributed by atoms with van der Waals surface area (Å²) in [6.07, 6.45) is 1.33. The maximum atomic E-state index is 11.7. The molecule has 0 saturated carbocycles. The van der Waals surface area contributed by atoms with Gasteiger partial charge >= 0.3 is 6.09 Å². The van der Waals surface area contributed by atoms with E-state index in [2.05, 4.69) is 20.2 Å². The van der Waals surface area contributed by atoms with Crippen LogP contribution in [0.2, 0.25) is 0 Å². The highest BCUT2D eigenvalue weighted by Gasteiger charge is 2.24. The van der Waals surface area contributed by atoms with Crippen molar-refractivity contribution in [2.75, 3.05) is 50.1 Å². The van der Waals surface area contributed by atoms with Gasteiger partial charge in [0.1, 0.15) is 18.0 Å². The average Bonchev–Trinajstić information content (AvgIpc) is 2.48. The minimum Gasteiger partial charge on any atom is -0.450 e. The Labute approximate surface area is 118 Å². The summed E-state index contributed by atoms with van der Waals surface area (Å²) in [6.45, 7) is 7.03. The van der Waals surface area contributed by atoms with Gasteiger partial charge in [-0.05, 0) is 13.8 Å². The van der Waals surface area contributed by atoms with Crippen LogP contribution in [-0.2, 0) is 4.74 Å². The monoisotopic (exact) mass is 279 g/mol. The maximum absolute atomic E-state index is 11.7. The second-order valence-corrected chi connectivity index (χ2v) is 4.59. The molecule has 0 unspecified atom stereocenters.